The average Bonchev–Trinajstić information content (AvgIpc) is 2.98. The number of aromatic nitrogens is 2. The summed E-state index contributed by atoms with van der Waals surface area (Å²) in [7, 11) is 2.05. The number of nitrogens with zero attached hydrogens (tertiary/aromatic N) is 4. The van der Waals surface area contributed by atoms with E-state index in [1.54, 1.807) is 0 Å². The number of carbonyl (C=O) groups excluding carboxylic acids is 1. The van der Waals surface area contributed by atoms with E-state index in [2.05, 4.69) is 16.9 Å². The minimum atomic E-state index is 0.165. The molecule has 2 aromatic rings. The van der Waals surface area contributed by atoms with Gasteiger partial charge in [-0.05, 0) is 32.0 Å². The Morgan fingerprint density at radius 2 is 2.26 bits per heavy atom. The third kappa shape index (κ3) is 3.71. The Labute approximate surface area is 136 Å². The van der Waals surface area contributed by atoms with Crippen LogP contribution < -0.4 is 0 Å². The summed E-state index contributed by atoms with van der Waals surface area (Å²) in [6.07, 6.45) is 5.82. The molecule has 1 fully saturated rings. The first kappa shape index (κ1) is 16.0. The van der Waals surface area contributed by atoms with Crippen LogP contribution >= 0.6 is 0 Å². The van der Waals surface area contributed by atoms with E-state index in [4.69, 9.17) is 5.11 Å². The van der Waals surface area contributed by atoms with Crippen LogP contribution in [0.1, 0.15) is 18.5 Å². The van der Waals surface area contributed by atoms with Gasteiger partial charge < -0.3 is 14.4 Å². The molecule has 0 saturated carbocycles. The largest absolute Gasteiger partial charge is 0.396 e. The second-order valence-corrected chi connectivity index (χ2v) is 6.18. The van der Waals surface area contributed by atoms with Crippen LogP contribution in [-0.2, 0) is 11.2 Å². The number of likely N-dealkylation sites (N-methyl/N-ethyl adjacent to an activating group) is 1. The summed E-state index contributed by atoms with van der Waals surface area (Å²) in [5.74, 6) is 0.179. The van der Waals surface area contributed by atoms with Crippen molar-refractivity contribution in [3.05, 3.63) is 36.3 Å². The highest BCUT2D eigenvalue weighted by molar-refractivity contribution is 5.76. The third-order valence-electron chi connectivity index (χ3n) is 4.60. The van der Waals surface area contributed by atoms with Gasteiger partial charge in [-0.3, -0.25) is 9.69 Å². The van der Waals surface area contributed by atoms with E-state index in [1.807, 2.05) is 39.9 Å². The van der Waals surface area contributed by atoms with Crippen molar-refractivity contribution in [2.75, 3.05) is 33.3 Å². The minimum absolute atomic E-state index is 0.165. The number of aliphatic hydroxyl groups excluding tert-OH is 1. The Balaban J connectivity index is 1.56. The molecular formula is C17H24N4O2. The van der Waals surface area contributed by atoms with Crippen molar-refractivity contribution < 1.29 is 9.90 Å². The number of aryl methyl sites for hydroxylation is 1. The first-order valence-corrected chi connectivity index (χ1v) is 8.19. The van der Waals surface area contributed by atoms with E-state index in [1.165, 1.54) is 0 Å². The lowest BCUT2D eigenvalue weighted by atomic mass is 10.1. The lowest BCUT2D eigenvalue weighted by Gasteiger charge is -2.39. The molecule has 124 valence electrons. The molecule has 6 nitrogen and oxygen atoms in total. The molecular weight excluding hydrogens is 292 g/mol. The summed E-state index contributed by atoms with van der Waals surface area (Å²) in [4.78, 5) is 21.1. The second-order valence-electron chi connectivity index (χ2n) is 6.18. The fraction of sp³-hybridized carbons (Fsp3) is 0.529. The molecule has 1 atom stereocenters. The summed E-state index contributed by atoms with van der Waals surface area (Å²) in [6, 6.07) is 6.15. The Morgan fingerprint density at radius 1 is 1.39 bits per heavy atom. The molecule has 3 rings (SSSR count). The van der Waals surface area contributed by atoms with E-state index < -0.39 is 0 Å². The van der Waals surface area contributed by atoms with Crippen LogP contribution in [0.3, 0.4) is 0 Å². The SMILES string of the molecule is CN1CCN(C(=O)CCc2cn3ccccc3n2)C[C@@H]1CCO. The molecule has 1 aliphatic rings. The van der Waals surface area contributed by atoms with E-state index in [-0.39, 0.29) is 18.6 Å². The van der Waals surface area contributed by atoms with Crippen molar-refractivity contribution in [1.29, 1.82) is 0 Å². The molecule has 0 bridgehead atoms. The number of imidazole rings is 1. The predicted octanol–water partition coefficient (Wildman–Crippen LogP) is 0.792. The van der Waals surface area contributed by atoms with Gasteiger partial charge in [-0.15, -0.1) is 0 Å². The standard InChI is InChI=1S/C17H24N4O2/c1-19-9-10-21(13-15(19)7-11-22)17(23)6-5-14-12-20-8-3-2-4-16(20)18-14/h2-4,8,12,15,22H,5-7,9-11,13H2,1H3/t15-/m0/s1. The molecule has 0 aromatic carbocycles. The van der Waals surface area contributed by atoms with Crippen LogP contribution in [0.5, 0.6) is 0 Å². The molecule has 1 N–H and O–H groups in total. The van der Waals surface area contributed by atoms with Crippen molar-refractivity contribution in [2.24, 2.45) is 0 Å². The normalized spacial score (nSPS) is 19.4. The maximum absolute atomic E-state index is 12.5. The van der Waals surface area contributed by atoms with Gasteiger partial charge in [0.2, 0.25) is 5.91 Å². The van der Waals surface area contributed by atoms with E-state index in [0.29, 0.717) is 25.8 Å². The molecule has 0 aliphatic carbocycles. The van der Waals surface area contributed by atoms with Gasteiger partial charge >= 0.3 is 0 Å². The number of amides is 1. The summed E-state index contributed by atoms with van der Waals surface area (Å²) in [5, 5.41) is 9.14. The number of hydrogen-bond donors (Lipinski definition) is 1. The van der Waals surface area contributed by atoms with Gasteiger partial charge in [-0.1, -0.05) is 6.07 Å². The molecule has 6 heteroatoms. The smallest absolute Gasteiger partial charge is 0.223 e. The van der Waals surface area contributed by atoms with Crippen molar-refractivity contribution >= 4 is 11.6 Å². The van der Waals surface area contributed by atoms with Crippen molar-refractivity contribution in [3.63, 3.8) is 0 Å². The van der Waals surface area contributed by atoms with E-state index in [0.717, 1.165) is 24.4 Å². The number of rotatable bonds is 5. The fourth-order valence-corrected chi connectivity index (χ4v) is 3.13. The van der Waals surface area contributed by atoms with Crippen LogP contribution in [0.15, 0.2) is 30.6 Å². The predicted molar refractivity (Wildman–Crippen MR) is 88.2 cm³/mol. The summed E-state index contributed by atoms with van der Waals surface area (Å²) in [6.45, 7) is 2.51. The highest BCUT2D eigenvalue weighted by Crippen LogP contribution is 2.13. The van der Waals surface area contributed by atoms with Crippen LogP contribution in [0.4, 0.5) is 0 Å². The van der Waals surface area contributed by atoms with Crippen LogP contribution in [0, 0.1) is 0 Å². The molecule has 1 amide bonds. The first-order valence-electron chi connectivity index (χ1n) is 8.19. The van der Waals surface area contributed by atoms with Gasteiger partial charge in [0.1, 0.15) is 5.65 Å². The quantitative estimate of drug-likeness (QED) is 0.886. The zero-order valence-electron chi connectivity index (χ0n) is 13.6. The lowest BCUT2D eigenvalue weighted by Crippen LogP contribution is -2.53. The minimum Gasteiger partial charge on any atom is -0.396 e. The van der Waals surface area contributed by atoms with Crippen LogP contribution in [0.2, 0.25) is 0 Å². The van der Waals surface area contributed by atoms with Crippen molar-refractivity contribution in [1.82, 2.24) is 19.2 Å². The molecule has 1 aliphatic heterocycles. The Kier molecular flexibility index (Phi) is 4.93. The van der Waals surface area contributed by atoms with Crippen molar-refractivity contribution in [3.8, 4) is 0 Å². The molecule has 0 spiro atoms. The lowest BCUT2D eigenvalue weighted by molar-refractivity contribution is -0.134. The van der Waals surface area contributed by atoms with Gasteiger partial charge in [-0.2, -0.15) is 0 Å². The van der Waals surface area contributed by atoms with Crippen LogP contribution in [-0.4, -0.2) is 69.5 Å². The molecule has 0 radical (unpaired) electrons. The topological polar surface area (TPSA) is 61.1 Å². The number of piperazine rings is 1. The summed E-state index contributed by atoms with van der Waals surface area (Å²) < 4.78 is 1.98. The van der Waals surface area contributed by atoms with E-state index >= 15 is 0 Å². The van der Waals surface area contributed by atoms with E-state index in [9.17, 15) is 4.79 Å². The summed E-state index contributed by atoms with van der Waals surface area (Å²) in [5.41, 5.74) is 1.86. The number of pyridine rings is 1. The Bertz CT molecular complexity index is 636. The second kappa shape index (κ2) is 7.10. The summed E-state index contributed by atoms with van der Waals surface area (Å²) >= 11 is 0. The molecule has 23 heavy (non-hydrogen) atoms. The number of aliphatic hydroxyl groups is 1. The molecule has 2 aromatic heterocycles. The van der Waals surface area contributed by atoms with Gasteiger partial charge in [0.15, 0.2) is 0 Å². The van der Waals surface area contributed by atoms with Gasteiger partial charge in [-0.25, -0.2) is 4.98 Å². The molecule has 1 saturated heterocycles. The monoisotopic (exact) mass is 316 g/mol. The van der Waals surface area contributed by atoms with Crippen molar-refractivity contribution in [2.45, 2.75) is 25.3 Å². The highest BCUT2D eigenvalue weighted by Gasteiger charge is 2.26. The van der Waals surface area contributed by atoms with Gasteiger partial charge in [0, 0.05) is 51.1 Å². The van der Waals surface area contributed by atoms with Gasteiger partial charge in [0.05, 0.1) is 5.69 Å². The number of carbonyl (C=O) groups is 1. The third-order valence-corrected chi connectivity index (χ3v) is 4.60. The Morgan fingerprint density at radius 3 is 3.04 bits per heavy atom. The number of fused-ring (bicyclic) bond motifs is 1. The first-order chi connectivity index (χ1) is 11.2. The number of hydrogen-bond acceptors (Lipinski definition) is 4. The maximum Gasteiger partial charge on any atom is 0.223 e. The Hall–Kier alpha value is -1.92. The highest BCUT2D eigenvalue weighted by atomic mass is 16.3. The maximum atomic E-state index is 12.5. The zero-order valence-corrected chi connectivity index (χ0v) is 13.6. The fourth-order valence-electron chi connectivity index (χ4n) is 3.13. The zero-order chi connectivity index (χ0) is 16.2. The average molecular weight is 316 g/mol. The van der Waals surface area contributed by atoms with Crippen LogP contribution in [0.25, 0.3) is 5.65 Å². The molecule has 3 heterocycles. The van der Waals surface area contributed by atoms with Gasteiger partial charge in [0.25, 0.3) is 0 Å². The molecule has 0 unspecified atom stereocenters.